The van der Waals surface area contributed by atoms with E-state index < -0.39 is 0 Å². The highest BCUT2D eigenvalue weighted by molar-refractivity contribution is 5.88. The lowest BCUT2D eigenvalue weighted by molar-refractivity contribution is 0.112. The minimum absolute atomic E-state index is 0.598. The van der Waals surface area contributed by atoms with Gasteiger partial charge in [0.1, 0.15) is 5.69 Å². The first-order valence-corrected chi connectivity index (χ1v) is 6.15. The van der Waals surface area contributed by atoms with Crippen molar-refractivity contribution in [2.75, 3.05) is 7.11 Å². The highest BCUT2D eigenvalue weighted by Crippen LogP contribution is 2.19. The van der Waals surface area contributed by atoms with Crippen LogP contribution in [-0.2, 0) is 0 Å². The summed E-state index contributed by atoms with van der Waals surface area (Å²) in [4.78, 5) is 10.9. The third-order valence-corrected chi connectivity index (χ3v) is 2.03. The Balaban J connectivity index is 0. The molecule has 0 saturated carbocycles. The van der Waals surface area contributed by atoms with E-state index in [1.807, 2.05) is 45.9 Å². The van der Waals surface area contributed by atoms with E-state index in [-0.39, 0.29) is 0 Å². The molecule has 0 atom stereocenters. The first kappa shape index (κ1) is 19.4. The third-order valence-electron chi connectivity index (χ3n) is 2.03. The number of carbonyl (C=O) groups is 1. The maximum atomic E-state index is 10.9. The number of hydrogen-bond acceptors (Lipinski definition) is 3. The van der Waals surface area contributed by atoms with Crippen LogP contribution in [0.4, 0.5) is 0 Å². The zero-order valence-electron chi connectivity index (χ0n) is 12.4. The van der Waals surface area contributed by atoms with Gasteiger partial charge < -0.3 is 5.11 Å². The maximum Gasteiger partial charge on any atom is 0.154 e. The van der Waals surface area contributed by atoms with Crippen LogP contribution in [0.2, 0.25) is 0 Å². The molecule has 4 heteroatoms. The van der Waals surface area contributed by atoms with Gasteiger partial charge in [-0.15, -0.1) is 0 Å². The van der Waals surface area contributed by atoms with E-state index in [0.29, 0.717) is 11.3 Å². The number of nitrogens with one attached hydrogen (secondary N) is 1. The van der Waals surface area contributed by atoms with Gasteiger partial charge in [0.25, 0.3) is 0 Å². The fourth-order valence-corrected chi connectivity index (χ4v) is 1.32. The number of allylic oxidation sites excluding steroid dienone is 5. The van der Waals surface area contributed by atoms with Crippen LogP contribution in [0.3, 0.4) is 0 Å². The molecule has 0 aliphatic carbocycles. The van der Waals surface area contributed by atoms with Gasteiger partial charge in [0.2, 0.25) is 0 Å². The van der Waals surface area contributed by atoms with Crippen molar-refractivity contribution in [1.82, 2.24) is 10.2 Å². The summed E-state index contributed by atoms with van der Waals surface area (Å²) in [5, 5.41) is 13.9. The fourth-order valence-electron chi connectivity index (χ4n) is 1.32. The largest absolute Gasteiger partial charge is 0.400 e. The minimum Gasteiger partial charge on any atom is -0.400 e. The molecule has 0 aromatic carbocycles. The van der Waals surface area contributed by atoms with Crippen molar-refractivity contribution in [2.24, 2.45) is 0 Å². The first-order valence-electron chi connectivity index (χ1n) is 6.15. The number of H-pyrrole nitrogens is 1. The van der Waals surface area contributed by atoms with Crippen molar-refractivity contribution in [3.05, 3.63) is 47.8 Å². The monoisotopic (exact) mass is 264 g/mol. The summed E-state index contributed by atoms with van der Waals surface area (Å²) in [6.45, 7) is 11.4. The average Bonchev–Trinajstić information content (AvgIpc) is 2.84. The lowest BCUT2D eigenvalue weighted by atomic mass is 10.1. The Morgan fingerprint density at radius 1 is 1.37 bits per heavy atom. The Hall–Kier alpha value is -1.94. The van der Waals surface area contributed by atoms with Gasteiger partial charge in [0.05, 0.1) is 5.56 Å². The molecule has 1 aromatic heterocycles. The smallest absolute Gasteiger partial charge is 0.154 e. The van der Waals surface area contributed by atoms with E-state index in [1.54, 1.807) is 6.08 Å². The number of carbonyl (C=O) groups excluding carboxylic acids is 1. The second-order valence-corrected chi connectivity index (χ2v) is 3.09. The van der Waals surface area contributed by atoms with Crippen LogP contribution < -0.4 is 0 Å². The second kappa shape index (κ2) is 12.5. The van der Waals surface area contributed by atoms with E-state index in [4.69, 9.17) is 5.11 Å². The molecule has 0 unspecified atom stereocenters. The maximum absolute atomic E-state index is 10.9. The lowest BCUT2D eigenvalue weighted by Gasteiger charge is -1.97. The summed E-state index contributed by atoms with van der Waals surface area (Å²) in [5.74, 6) is 0. The number of rotatable bonds is 4. The molecule has 0 amide bonds. The molecule has 1 heterocycles. The highest BCUT2D eigenvalue weighted by atomic mass is 16.2. The molecular formula is C15H24N2O2. The van der Waals surface area contributed by atoms with Crippen LogP contribution in [0.5, 0.6) is 0 Å². The quantitative estimate of drug-likeness (QED) is 0.647. The molecule has 0 aliphatic heterocycles. The summed E-state index contributed by atoms with van der Waals surface area (Å²) in [6.07, 6.45) is 8.10. The summed E-state index contributed by atoms with van der Waals surface area (Å²) >= 11 is 0. The summed E-state index contributed by atoms with van der Waals surface area (Å²) in [6, 6.07) is 0. The van der Waals surface area contributed by atoms with E-state index in [0.717, 1.165) is 24.7 Å². The highest BCUT2D eigenvalue weighted by Gasteiger charge is 2.11. The Labute approximate surface area is 115 Å². The van der Waals surface area contributed by atoms with Gasteiger partial charge in [-0.05, 0) is 13.8 Å². The van der Waals surface area contributed by atoms with Gasteiger partial charge in [-0.2, -0.15) is 5.10 Å². The molecule has 0 fully saturated rings. The topological polar surface area (TPSA) is 66.0 Å². The van der Waals surface area contributed by atoms with Gasteiger partial charge in [0, 0.05) is 18.4 Å². The van der Waals surface area contributed by atoms with Crippen molar-refractivity contribution in [3.63, 3.8) is 0 Å². The van der Waals surface area contributed by atoms with Crippen LogP contribution in [0, 0.1) is 6.92 Å². The predicted octanol–water partition coefficient (Wildman–Crippen LogP) is 3.31. The number of aromatic nitrogens is 2. The van der Waals surface area contributed by atoms with E-state index in [2.05, 4.69) is 16.8 Å². The molecule has 1 aromatic rings. The fraction of sp³-hybridized carbons (Fsp3) is 0.333. The average molecular weight is 264 g/mol. The molecule has 106 valence electrons. The molecular weight excluding hydrogens is 240 g/mol. The predicted molar refractivity (Wildman–Crippen MR) is 81.2 cm³/mol. The SMILES string of the molecule is C=C/C=C(\C=C/C)c1n[nH]c(C)c1C=O.CC.CO. The van der Waals surface area contributed by atoms with E-state index in [9.17, 15) is 4.79 Å². The number of nitrogens with zero attached hydrogens (tertiary/aromatic N) is 1. The van der Waals surface area contributed by atoms with Crippen molar-refractivity contribution in [3.8, 4) is 0 Å². The third kappa shape index (κ3) is 5.97. The molecule has 0 radical (unpaired) electrons. The number of aliphatic hydroxyl groups excluding tert-OH is 1. The van der Waals surface area contributed by atoms with Gasteiger partial charge in [0.15, 0.2) is 6.29 Å². The molecule has 2 N–H and O–H groups in total. The summed E-state index contributed by atoms with van der Waals surface area (Å²) in [5.41, 5.74) is 2.92. The van der Waals surface area contributed by atoms with E-state index in [1.165, 1.54) is 0 Å². The molecule has 0 bridgehead atoms. The Kier molecular flexibility index (Phi) is 12.8. The van der Waals surface area contributed by atoms with Crippen LogP contribution in [-0.4, -0.2) is 28.7 Å². The first-order chi connectivity index (χ1) is 9.24. The van der Waals surface area contributed by atoms with Gasteiger partial charge in [-0.3, -0.25) is 9.89 Å². The minimum atomic E-state index is 0.598. The molecule has 1 rings (SSSR count). The van der Waals surface area contributed by atoms with Crippen LogP contribution in [0.15, 0.2) is 30.9 Å². The number of aldehydes is 1. The lowest BCUT2D eigenvalue weighted by Crippen LogP contribution is -1.89. The van der Waals surface area contributed by atoms with Crippen molar-refractivity contribution < 1.29 is 9.90 Å². The number of aromatic amines is 1. The standard InChI is InChI=1S/C12H14N2O.C2H6.CH4O/c1-4-6-10(7-5-2)12-11(8-15)9(3)13-14-12;2*1-2/h4-8H,1H2,2-3H3,(H,13,14);1-2H3;2H,1H3/b7-5-,10-6+;;. The second-order valence-electron chi connectivity index (χ2n) is 3.09. The summed E-state index contributed by atoms with van der Waals surface area (Å²) in [7, 11) is 1.00. The zero-order valence-corrected chi connectivity index (χ0v) is 12.4. The van der Waals surface area contributed by atoms with Crippen molar-refractivity contribution >= 4 is 11.9 Å². The molecule has 19 heavy (non-hydrogen) atoms. The molecule has 0 aliphatic rings. The Morgan fingerprint density at radius 2 is 1.95 bits per heavy atom. The number of aryl methyl sites for hydroxylation is 1. The molecule has 0 saturated heterocycles. The van der Waals surface area contributed by atoms with Crippen molar-refractivity contribution in [1.29, 1.82) is 0 Å². The van der Waals surface area contributed by atoms with E-state index >= 15 is 0 Å². The van der Waals surface area contributed by atoms with Crippen LogP contribution >= 0.6 is 0 Å². The molecule has 4 nitrogen and oxygen atoms in total. The summed E-state index contributed by atoms with van der Waals surface area (Å²) < 4.78 is 0. The van der Waals surface area contributed by atoms with Gasteiger partial charge in [-0.1, -0.05) is 44.7 Å². The number of hydrogen-bond donors (Lipinski definition) is 2. The zero-order chi connectivity index (χ0) is 15.3. The van der Waals surface area contributed by atoms with Crippen LogP contribution in [0.25, 0.3) is 5.57 Å². The van der Waals surface area contributed by atoms with Gasteiger partial charge >= 0.3 is 0 Å². The Morgan fingerprint density at radius 3 is 2.37 bits per heavy atom. The number of aliphatic hydroxyl groups is 1. The molecule has 0 spiro atoms. The van der Waals surface area contributed by atoms with Crippen LogP contribution in [0.1, 0.15) is 42.5 Å². The van der Waals surface area contributed by atoms with Gasteiger partial charge in [-0.25, -0.2) is 0 Å². The van der Waals surface area contributed by atoms with Crippen molar-refractivity contribution in [2.45, 2.75) is 27.7 Å². The normalized spacial score (nSPS) is 10.1. The Bertz CT molecular complexity index is 429.